The zero-order valence-electron chi connectivity index (χ0n) is 7.41. The van der Waals surface area contributed by atoms with E-state index < -0.39 is 0 Å². The van der Waals surface area contributed by atoms with Crippen LogP contribution in [0.1, 0.15) is 25.7 Å². The van der Waals surface area contributed by atoms with Crippen LogP contribution in [0.4, 0.5) is 5.95 Å². The van der Waals surface area contributed by atoms with Gasteiger partial charge in [-0.2, -0.15) is 4.98 Å². The first-order valence-corrected chi connectivity index (χ1v) is 5.41. The Balaban J connectivity index is 1.89. The van der Waals surface area contributed by atoms with Gasteiger partial charge in [0.15, 0.2) is 4.73 Å². The molecule has 0 radical (unpaired) electrons. The van der Waals surface area contributed by atoms with E-state index in [2.05, 4.69) is 26.0 Å². The van der Waals surface area contributed by atoms with Crippen LogP contribution in [0.5, 0.6) is 0 Å². The van der Waals surface area contributed by atoms with Gasteiger partial charge in [0.05, 0.1) is 0 Å². The van der Waals surface area contributed by atoms with Crippen molar-refractivity contribution in [2.45, 2.75) is 32.2 Å². The van der Waals surface area contributed by atoms with E-state index in [1.54, 1.807) is 0 Å². The molecule has 5 heteroatoms. The minimum atomic E-state index is 0.348. The third-order valence-electron chi connectivity index (χ3n) is 2.62. The van der Waals surface area contributed by atoms with Crippen molar-refractivity contribution in [2.75, 3.05) is 5.73 Å². The summed E-state index contributed by atoms with van der Waals surface area (Å²) in [5.74, 6) is 1.25. The Morgan fingerprint density at radius 1 is 1.54 bits per heavy atom. The average Bonchev–Trinajstić information content (AvgIpc) is 2.27. The molecule has 1 aromatic heterocycles. The van der Waals surface area contributed by atoms with Crippen LogP contribution in [0, 0.1) is 5.92 Å². The maximum atomic E-state index is 5.46. The molecule has 0 bridgehead atoms. The normalized spacial score (nSPS) is 17.3. The van der Waals surface area contributed by atoms with Gasteiger partial charge in [-0.05, 0) is 28.3 Å². The molecule has 1 aliphatic rings. The van der Waals surface area contributed by atoms with Gasteiger partial charge in [-0.3, -0.25) is 0 Å². The smallest absolute Gasteiger partial charge is 0.240 e. The van der Waals surface area contributed by atoms with Crippen molar-refractivity contribution in [1.29, 1.82) is 0 Å². The Morgan fingerprint density at radius 3 is 2.77 bits per heavy atom. The first kappa shape index (κ1) is 8.99. The molecule has 2 rings (SSSR count). The average molecular weight is 245 g/mol. The van der Waals surface area contributed by atoms with Gasteiger partial charge in [0, 0.05) is 6.54 Å². The van der Waals surface area contributed by atoms with Crippen LogP contribution in [0.3, 0.4) is 0 Å². The summed E-state index contributed by atoms with van der Waals surface area (Å²) in [6.45, 7) is 0.926. The van der Waals surface area contributed by atoms with Gasteiger partial charge in [0.25, 0.3) is 0 Å². The van der Waals surface area contributed by atoms with E-state index in [9.17, 15) is 0 Å². The number of nitrogens with zero attached hydrogens (tertiary/aromatic N) is 3. The fourth-order valence-corrected chi connectivity index (χ4v) is 2.01. The van der Waals surface area contributed by atoms with E-state index >= 15 is 0 Å². The lowest BCUT2D eigenvalue weighted by molar-refractivity contribution is 0.277. The summed E-state index contributed by atoms with van der Waals surface area (Å²) in [5, 5.41) is 4.08. The van der Waals surface area contributed by atoms with Crippen molar-refractivity contribution < 1.29 is 0 Å². The highest BCUT2D eigenvalue weighted by Crippen LogP contribution is 2.29. The Bertz CT molecular complexity index is 292. The number of aromatic nitrogens is 3. The molecule has 0 unspecified atom stereocenters. The van der Waals surface area contributed by atoms with Crippen molar-refractivity contribution in [2.24, 2.45) is 5.92 Å². The lowest BCUT2D eigenvalue weighted by Gasteiger charge is -2.24. The molecule has 1 heterocycles. The molecule has 1 fully saturated rings. The maximum absolute atomic E-state index is 5.46. The molecule has 1 aromatic rings. The Labute approximate surface area is 85.6 Å². The minimum Gasteiger partial charge on any atom is -0.366 e. The van der Waals surface area contributed by atoms with Crippen molar-refractivity contribution >= 4 is 21.9 Å². The van der Waals surface area contributed by atoms with Gasteiger partial charge in [-0.15, -0.1) is 5.10 Å². The molecule has 0 saturated heterocycles. The number of halogens is 1. The largest absolute Gasteiger partial charge is 0.366 e. The quantitative estimate of drug-likeness (QED) is 0.883. The number of rotatable bonds is 3. The summed E-state index contributed by atoms with van der Waals surface area (Å²) in [6, 6.07) is 0. The predicted molar refractivity (Wildman–Crippen MR) is 54.1 cm³/mol. The second-order valence-electron chi connectivity index (χ2n) is 3.55. The van der Waals surface area contributed by atoms with Gasteiger partial charge in [0.2, 0.25) is 5.95 Å². The molecule has 0 spiro atoms. The van der Waals surface area contributed by atoms with Crippen LogP contribution >= 0.6 is 15.9 Å². The lowest BCUT2D eigenvalue weighted by Crippen LogP contribution is -2.14. The zero-order chi connectivity index (χ0) is 9.26. The molecule has 1 aliphatic carbocycles. The molecule has 0 aliphatic heterocycles. The molecule has 0 amide bonds. The summed E-state index contributed by atoms with van der Waals surface area (Å²) in [6.07, 6.45) is 5.34. The second-order valence-corrected chi connectivity index (χ2v) is 4.26. The Morgan fingerprint density at radius 2 is 2.31 bits per heavy atom. The first-order valence-electron chi connectivity index (χ1n) is 4.61. The molecular weight excluding hydrogens is 232 g/mol. The highest BCUT2D eigenvalue weighted by atomic mass is 79.9. The molecule has 1 saturated carbocycles. The monoisotopic (exact) mass is 244 g/mol. The number of nitrogens with two attached hydrogens (primary N) is 1. The van der Waals surface area contributed by atoms with Crippen LogP contribution in [-0.2, 0) is 6.54 Å². The molecule has 13 heavy (non-hydrogen) atoms. The van der Waals surface area contributed by atoms with E-state index in [0.717, 1.165) is 17.2 Å². The second kappa shape index (κ2) is 3.65. The summed E-state index contributed by atoms with van der Waals surface area (Å²) in [4.78, 5) is 3.98. The van der Waals surface area contributed by atoms with Gasteiger partial charge < -0.3 is 5.73 Å². The van der Waals surface area contributed by atoms with Crippen LogP contribution < -0.4 is 5.73 Å². The van der Waals surface area contributed by atoms with Crippen LogP contribution in [0.2, 0.25) is 0 Å². The van der Waals surface area contributed by atoms with Crippen LogP contribution in [-0.4, -0.2) is 14.8 Å². The fourth-order valence-electron chi connectivity index (χ4n) is 1.57. The standard InChI is InChI=1S/C8H13BrN4/c9-7-11-8(10)12-13(7)5-4-6-2-1-3-6/h6H,1-5H2,(H2,10,12). The third kappa shape index (κ3) is 2.02. The first-order chi connectivity index (χ1) is 6.25. The maximum Gasteiger partial charge on any atom is 0.240 e. The lowest BCUT2D eigenvalue weighted by atomic mass is 9.83. The summed E-state index contributed by atoms with van der Waals surface area (Å²) >= 11 is 3.32. The summed E-state index contributed by atoms with van der Waals surface area (Å²) in [7, 11) is 0. The van der Waals surface area contributed by atoms with Crippen molar-refractivity contribution in [3.05, 3.63) is 4.73 Å². The van der Waals surface area contributed by atoms with E-state index in [1.165, 1.54) is 25.7 Å². The molecule has 4 nitrogen and oxygen atoms in total. The molecule has 72 valence electrons. The predicted octanol–water partition coefficient (Wildman–Crippen LogP) is 1.81. The van der Waals surface area contributed by atoms with E-state index in [-0.39, 0.29) is 0 Å². The van der Waals surface area contributed by atoms with Gasteiger partial charge in [-0.25, -0.2) is 4.68 Å². The van der Waals surface area contributed by atoms with E-state index in [4.69, 9.17) is 5.73 Å². The number of aryl methyl sites for hydroxylation is 1. The van der Waals surface area contributed by atoms with Crippen LogP contribution in [0.15, 0.2) is 4.73 Å². The van der Waals surface area contributed by atoms with E-state index in [1.807, 2.05) is 4.68 Å². The fraction of sp³-hybridized carbons (Fsp3) is 0.750. The molecule has 0 atom stereocenters. The topological polar surface area (TPSA) is 56.7 Å². The third-order valence-corrected chi connectivity index (χ3v) is 3.20. The van der Waals surface area contributed by atoms with Crippen molar-refractivity contribution in [3.63, 3.8) is 0 Å². The molecule has 2 N–H and O–H groups in total. The van der Waals surface area contributed by atoms with Gasteiger partial charge in [-0.1, -0.05) is 19.3 Å². The summed E-state index contributed by atoms with van der Waals surface area (Å²) < 4.78 is 2.57. The number of hydrogen-bond acceptors (Lipinski definition) is 3. The summed E-state index contributed by atoms with van der Waals surface area (Å²) in [5.41, 5.74) is 5.46. The highest BCUT2D eigenvalue weighted by molar-refractivity contribution is 9.10. The number of anilines is 1. The number of nitrogen functional groups attached to an aromatic ring is 1. The minimum absolute atomic E-state index is 0.348. The molecular formula is C8H13BrN4. The van der Waals surface area contributed by atoms with Gasteiger partial charge in [0.1, 0.15) is 0 Å². The molecule has 0 aromatic carbocycles. The Hall–Kier alpha value is -0.580. The highest BCUT2D eigenvalue weighted by Gasteiger charge is 2.17. The van der Waals surface area contributed by atoms with Crippen LogP contribution in [0.25, 0.3) is 0 Å². The number of hydrogen-bond donors (Lipinski definition) is 1. The Kier molecular flexibility index (Phi) is 2.53. The zero-order valence-corrected chi connectivity index (χ0v) is 9.00. The van der Waals surface area contributed by atoms with Crippen molar-refractivity contribution in [3.8, 4) is 0 Å². The SMILES string of the molecule is Nc1nc(Br)n(CCC2CCC2)n1. The van der Waals surface area contributed by atoms with E-state index in [0.29, 0.717) is 5.95 Å². The van der Waals surface area contributed by atoms with Crippen molar-refractivity contribution in [1.82, 2.24) is 14.8 Å². The van der Waals surface area contributed by atoms with Gasteiger partial charge >= 0.3 is 0 Å².